The van der Waals surface area contributed by atoms with Crippen LogP contribution in [0.2, 0.25) is 0 Å². The zero-order valence-electron chi connectivity index (χ0n) is 7.29. The van der Waals surface area contributed by atoms with E-state index in [1.165, 1.54) is 22.6 Å². The van der Waals surface area contributed by atoms with Crippen molar-refractivity contribution >= 4 is 11.8 Å². The monoisotopic (exact) mass is 225 g/mol. The van der Waals surface area contributed by atoms with Gasteiger partial charge in [-0.2, -0.15) is 18.3 Å². The summed E-state index contributed by atoms with van der Waals surface area (Å²) in [6.07, 6.45) is -3.05. The Bertz CT molecular complexity index is 284. The highest BCUT2D eigenvalue weighted by Gasteiger charge is 2.33. The Balaban J connectivity index is 2.51. The minimum Gasteiger partial charge on any atom is -0.330 e. The van der Waals surface area contributed by atoms with Gasteiger partial charge < -0.3 is 5.73 Å². The van der Waals surface area contributed by atoms with Gasteiger partial charge in [-0.25, -0.2) is 0 Å². The second kappa shape index (κ2) is 4.70. The molecule has 0 saturated carbocycles. The molecule has 0 spiro atoms. The van der Waals surface area contributed by atoms with Crippen molar-refractivity contribution < 1.29 is 13.2 Å². The number of nitrogens with zero attached hydrogens (tertiary/aromatic N) is 2. The molecule has 0 atom stereocenters. The van der Waals surface area contributed by atoms with Gasteiger partial charge in [0.1, 0.15) is 0 Å². The number of rotatable bonds is 4. The van der Waals surface area contributed by atoms with Crippen molar-refractivity contribution in [1.29, 1.82) is 0 Å². The van der Waals surface area contributed by atoms with E-state index in [2.05, 4.69) is 5.10 Å². The Labute approximate surface area is 83.5 Å². The van der Waals surface area contributed by atoms with Crippen LogP contribution in [0.5, 0.6) is 0 Å². The van der Waals surface area contributed by atoms with E-state index in [4.69, 9.17) is 5.73 Å². The Morgan fingerprint density at radius 3 is 2.71 bits per heavy atom. The van der Waals surface area contributed by atoms with Crippen LogP contribution in [0.25, 0.3) is 0 Å². The van der Waals surface area contributed by atoms with Gasteiger partial charge in [0.15, 0.2) is 5.69 Å². The number of thioether (sulfide) groups is 1. The second-order valence-electron chi connectivity index (χ2n) is 2.56. The van der Waals surface area contributed by atoms with Gasteiger partial charge in [-0.05, 0) is 6.07 Å². The molecule has 1 aromatic rings. The third-order valence-corrected chi connectivity index (χ3v) is 2.39. The Hall–Kier alpha value is -0.690. The highest BCUT2D eigenvalue weighted by molar-refractivity contribution is 7.98. The van der Waals surface area contributed by atoms with Crippen molar-refractivity contribution in [3.63, 3.8) is 0 Å². The zero-order valence-corrected chi connectivity index (χ0v) is 8.11. The number of aromatic nitrogens is 2. The third-order valence-electron chi connectivity index (χ3n) is 1.42. The maximum absolute atomic E-state index is 12.1. The van der Waals surface area contributed by atoms with Crippen molar-refractivity contribution in [2.45, 2.75) is 12.1 Å². The van der Waals surface area contributed by atoms with Gasteiger partial charge >= 0.3 is 6.18 Å². The van der Waals surface area contributed by atoms with Crippen LogP contribution in [0.1, 0.15) is 5.69 Å². The summed E-state index contributed by atoms with van der Waals surface area (Å²) in [6, 6.07) is 0.961. The van der Waals surface area contributed by atoms with Gasteiger partial charge in [0.2, 0.25) is 0 Å². The summed E-state index contributed by atoms with van der Waals surface area (Å²) in [5.74, 6) is 1.11. The van der Waals surface area contributed by atoms with Crippen molar-refractivity contribution in [3.8, 4) is 0 Å². The SMILES string of the molecule is NCCSCn1ccc(C(F)(F)F)n1. The third kappa shape index (κ3) is 3.22. The maximum atomic E-state index is 12.1. The van der Waals surface area contributed by atoms with Crippen molar-refractivity contribution in [2.24, 2.45) is 5.73 Å². The van der Waals surface area contributed by atoms with Crippen LogP contribution in [-0.4, -0.2) is 22.1 Å². The number of hydrogen-bond acceptors (Lipinski definition) is 3. The maximum Gasteiger partial charge on any atom is 0.435 e. The molecule has 0 unspecified atom stereocenters. The highest BCUT2D eigenvalue weighted by atomic mass is 32.2. The molecule has 1 heterocycles. The molecule has 0 radical (unpaired) electrons. The molecule has 2 N–H and O–H groups in total. The largest absolute Gasteiger partial charge is 0.435 e. The molecule has 1 aromatic heterocycles. The minimum absolute atomic E-state index is 0.396. The molecule has 0 aliphatic heterocycles. The number of halogens is 3. The lowest BCUT2D eigenvalue weighted by Crippen LogP contribution is -2.08. The standard InChI is InChI=1S/C7H10F3N3S/c8-7(9,10)6-1-3-13(12-6)5-14-4-2-11/h1,3H,2,4-5,11H2. The molecule has 3 nitrogen and oxygen atoms in total. The summed E-state index contributed by atoms with van der Waals surface area (Å²) in [4.78, 5) is 0. The first kappa shape index (κ1) is 11.4. The number of hydrogen-bond donors (Lipinski definition) is 1. The fourth-order valence-electron chi connectivity index (χ4n) is 0.826. The van der Waals surface area contributed by atoms with Crippen LogP contribution in [0, 0.1) is 0 Å². The Morgan fingerprint density at radius 2 is 2.21 bits per heavy atom. The predicted octanol–water partition coefficient (Wildman–Crippen LogP) is 1.55. The van der Waals surface area contributed by atoms with Crippen LogP contribution in [-0.2, 0) is 12.1 Å². The van der Waals surface area contributed by atoms with Gasteiger partial charge in [0.25, 0.3) is 0 Å². The lowest BCUT2D eigenvalue weighted by molar-refractivity contribution is -0.141. The first-order valence-electron chi connectivity index (χ1n) is 3.92. The van der Waals surface area contributed by atoms with E-state index in [9.17, 15) is 13.2 Å². The smallest absolute Gasteiger partial charge is 0.330 e. The molecule has 0 aliphatic carbocycles. The quantitative estimate of drug-likeness (QED) is 0.791. The molecule has 7 heteroatoms. The molecule has 0 aromatic carbocycles. The number of nitrogens with two attached hydrogens (primary N) is 1. The van der Waals surface area contributed by atoms with E-state index in [0.717, 1.165) is 6.07 Å². The summed E-state index contributed by atoms with van der Waals surface area (Å²) >= 11 is 1.44. The van der Waals surface area contributed by atoms with Crippen molar-refractivity contribution in [3.05, 3.63) is 18.0 Å². The fourth-order valence-corrected chi connectivity index (χ4v) is 1.45. The van der Waals surface area contributed by atoms with E-state index in [0.29, 0.717) is 18.2 Å². The zero-order chi connectivity index (χ0) is 10.6. The van der Waals surface area contributed by atoms with Crippen LogP contribution in [0.15, 0.2) is 12.3 Å². The average molecular weight is 225 g/mol. The molecule has 14 heavy (non-hydrogen) atoms. The Morgan fingerprint density at radius 1 is 1.50 bits per heavy atom. The van der Waals surface area contributed by atoms with Gasteiger partial charge in [-0.15, -0.1) is 11.8 Å². The van der Waals surface area contributed by atoms with Crippen LogP contribution < -0.4 is 5.73 Å². The molecule has 0 aliphatic rings. The lowest BCUT2D eigenvalue weighted by Gasteiger charge is -2.02. The van der Waals surface area contributed by atoms with Gasteiger partial charge in [0.05, 0.1) is 5.88 Å². The molecule has 0 bridgehead atoms. The molecule has 0 amide bonds. The summed E-state index contributed by atoms with van der Waals surface area (Å²) in [6.45, 7) is 0.512. The average Bonchev–Trinajstić information content (AvgIpc) is 2.52. The minimum atomic E-state index is -4.36. The lowest BCUT2D eigenvalue weighted by atomic mass is 10.4. The second-order valence-corrected chi connectivity index (χ2v) is 3.64. The first-order chi connectivity index (χ1) is 6.54. The van der Waals surface area contributed by atoms with Crippen LogP contribution in [0.4, 0.5) is 13.2 Å². The topological polar surface area (TPSA) is 43.8 Å². The van der Waals surface area contributed by atoms with Gasteiger partial charge in [-0.3, -0.25) is 4.68 Å². The Kier molecular flexibility index (Phi) is 3.82. The van der Waals surface area contributed by atoms with Crippen LogP contribution in [0.3, 0.4) is 0 Å². The van der Waals surface area contributed by atoms with Gasteiger partial charge in [-0.1, -0.05) is 0 Å². The first-order valence-corrected chi connectivity index (χ1v) is 5.08. The van der Waals surface area contributed by atoms with E-state index >= 15 is 0 Å². The van der Waals surface area contributed by atoms with Crippen molar-refractivity contribution in [2.75, 3.05) is 12.3 Å². The molecule has 0 fully saturated rings. The predicted molar refractivity (Wildman–Crippen MR) is 48.7 cm³/mol. The molecular weight excluding hydrogens is 215 g/mol. The highest BCUT2D eigenvalue weighted by Crippen LogP contribution is 2.27. The van der Waals surface area contributed by atoms with Gasteiger partial charge in [0, 0.05) is 18.5 Å². The summed E-state index contributed by atoms with van der Waals surface area (Å²) in [5, 5.41) is 3.38. The van der Waals surface area contributed by atoms with E-state index in [-0.39, 0.29) is 0 Å². The van der Waals surface area contributed by atoms with E-state index in [1.54, 1.807) is 0 Å². The molecule has 80 valence electrons. The fraction of sp³-hybridized carbons (Fsp3) is 0.571. The van der Waals surface area contributed by atoms with Crippen LogP contribution >= 0.6 is 11.8 Å². The normalized spacial score (nSPS) is 12.0. The van der Waals surface area contributed by atoms with Crippen molar-refractivity contribution in [1.82, 2.24) is 9.78 Å². The summed E-state index contributed by atoms with van der Waals surface area (Å²) < 4.78 is 37.5. The van der Waals surface area contributed by atoms with E-state index in [1.807, 2.05) is 0 Å². The molecule has 1 rings (SSSR count). The molecular formula is C7H10F3N3S. The molecule has 0 saturated heterocycles. The number of alkyl halides is 3. The van der Waals surface area contributed by atoms with E-state index < -0.39 is 11.9 Å². The summed E-state index contributed by atoms with van der Waals surface area (Å²) in [5.41, 5.74) is 4.38. The summed E-state index contributed by atoms with van der Waals surface area (Å²) in [7, 11) is 0.